The Hall–Kier alpha value is -1.79. The molecule has 0 spiro atoms. The van der Waals surface area contributed by atoms with E-state index in [1.54, 1.807) is 31.5 Å². The Morgan fingerprint density at radius 3 is 2.70 bits per heavy atom. The summed E-state index contributed by atoms with van der Waals surface area (Å²) in [5.41, 5.74) is 4.91. The van der Waals surface area contributed by atoms with Gasteiger partial charge >= 0.3 is 0 Å². The molecule has 5 atom stereocenters. The van der Waals surface area contributed by atoms with Crippen molar-refractivity contribution in [1.82, 2.24) is 16.0 Å². The minimum absolute atomic E-state index is 0.120. The number of nitrogens with one attached hydrogen (secondary N) is 3. The number of likely N-dealkylation sites (N-methyl/N-ethyl adjacent to an activating group) is 1. The summed E-state index contributed by atoms with van der Waals surface area (Å²) in [6.45, 7) is 3.53. The van der Waals surface area contributed by atoms with E-state index in [-0.39, 0.29) is 68.7 Å². The summed E-state index contributed by atoms with van der Waals surface area (Å²) in [7, 11) is 7.39. The van der Waals surface area contributed by atoms with Crippen LogP contribution in [0.1, 0.15) is 23.7 Å². The number of ether oxygens (including phenoxy) is 5. The van der Waals surface area contributed by atoms with Crippen LogP contribution in [0.4, 0.5) is 0 Å². The zero-order valence-corrected chi connectivity index (χ0v) is 30.0. The maximum absolute atomic E-state index is 12.3. The highest BCUT2D eigenvalue weighted by Crippen LogP contribution is 2.31. The number of hydrogen-bond acceptors (Lipinski definition) is 14. The Labute approximate surface area is 293 Å². The van der Waals surface area contributed by atoms with Crippen LogP contribution < -0.4 is 26.4 Å². The Bertz CT molecular complexity index is 1150. The predicted octanol–water partition coefficient (Wildman–Crippen LogP) is 0.872. The maximum Gasteiger partial charge on any atom is 0.260 e. The van der Waals surface area contributed by atoms with Crippen molar-refractivity contribution in [3.8, 4) is 17.5 Å². The van der Waals surface area contributed by atoms with Crippen LogP contribution in [0.5, 0.6) is 5.75 Å². The van der Waals surface area contributed by atoms with Crippen LogP contribution in [0.3, 0.4) is 0 Å². The number of rotatable bonds is 23. The van der Waals surface area contributed by atoms with Crippen LogP contribution in [0.15, 0.2) is 24.3 Å². The molecule has 1 saturated heterocycles. The molecule has 1 aliphatic rings. The lowest BCUT2D eigenvalue weighted by atomic mass is 9.71. The van der Waals surface area contributed by atoms with Crippen LogP contribution in [0.25, 0.3) is 0 Å². The summed E-state index contributed by atoms with van der Waals surface area (Å²) in [4.78, 5) is 36.6. The first-order valence-corrected chi connectivity index (χ1v) is 20.2. The quantitative estimate of drug-likeness (QED) is 0.0352. The van der Waals surface area contributed by atoms with Gasteiger partial charge in [0.05, 0.1) is 32.5 Å². The van der Waals surface area contributed by atoms with E-state index in [1.807, 2.05) is 19.4 Å². The van der Waals surface area contributed by atoms with Gasteiger partial charge in [-0.05, 0) is 44.1 Å². The molecule has 2 unspecified atom stereocenters. The molecule has 3 amide bonds. The van der Waals surface area contributed by atoms with Gasteiger partial charge in [0.25, 0.3) is 19.1 Å². The third-order valence-electron chi connectivity index (χ3n) is 6.08. The van der Waals surface area contributed by atoms with Crippen LogP contribution >= 0.6 is 43.2 Å². The summed E-state index contributed by atoms with van der Waals surface area (Å²) in [6.07, 6.45) is 3.20. The smallest absolute Gasteiger partial charge is 0.260 e. The third-order valence-corrected chi connectivity index (χ3v) is 9.78. The van der Waals surface area contributed by atoms with Crippen LogP contribution in [-0.2, 0) is 28.5 Å². The monoisotopic (exact) mass is 731 g/mol. The van der Waals surface area contributed by atoms with Gasteiger partial charge in [-0.2, -0.15) is 5.82 Å². The van der Waals surface area contributed by atoms with Gasteiger partial charge in [0, 0.05) is 31.2 Å². The lowest BCUT2D eigenvalue weighted by Gasteiger charge is -2.22. The average Bonchev–Trinajstić information content (AvgIpc) is 3.47. The van der Waals surface area contributed by atoms with Gasteiger partial charge in [-0.25, -0.2) is 0 Å². The Balaban J connectivity index is 1.64. The summed E-state index contributed by atoms with van der Waals surface area (Å²) in [6, 6.07) is 6.50. The van der Waals surface area contributed by atoms with Gasteiger partial charge in [0.15, 0.2) is 5.44 Å². The van der Waals surface area contributed by atoms with Crippen molar-refractivity contribution in [2.24, 2.45) is 5.73 Å². The molecule has 0 bridgehead atoms. The normalized spacial score (nSPS) is 18.4. The molecule has 1 aliphatic heterocycles. The summed E-state index contributed by atoms with van der Waals surface area (Å²) in [5.74, 6) is 5.50. The second-order valence-corrected chi connectivity index (χ2v) is 14.7. The minimum Gasteiger partial charge on any atom is -0.490 e. The third kappa shape index (κ3) is 16.9. The van der Waals surface area contributed by atoms with Gasteiger partial charge < -0.3 is 50.5 Å². The molecule has 1 radical (unpaired) electrons. The number of aliphatic hydroxyl groups excluding tert-OH is 1. The summed E-state index contributed by atoms with van der Waals surface area (Å²) >= 11 is 0. The van der Waals surface area contributed by atoms with E-state index in [1.165, 1.54) is 43.2 Å². The topological polar surface area (TPSA) is 180 Å². The molecular weight excluding hydrogens is 687 g/mol. The van der Waals surface area contributed by atoms with Gasteiger partial charge in [0.2, 0.25) is 5.91 Å². The highest BCUT2D eigenvalue weighted by Gasteiger charge is 2.38. The molecular formula is C29H44BN4O9S4. The molecule has 0 saturated carbocycles. The van der Waals surface area contributed by atoms with E-state index in [4.69, 9.17) is 29.4 Å². The van der Waals surface area contributed by atoms with E-state index < -0.39 is 17.6 Å². The molecule has 261 valence electrons. The van der Waals surface area contributed by atoms with E-state index in [2.05, 4.69) is 27.7 Å². The lowest BCUT2D eigenvalue weighted by molar-refractivity contribution is -0.132. The molecule has 0 aliphatic carbocycles. The van der Waals surface area contributed by atoms with Crippen molar-refractivity contribution in [2.45, 2.75) is 42.4 Å². The molecule has 1 aromatic rings. The van der Waals surface area contributed by atoms with Crippen LogP contribution in [0, 0.1) is 11.7 Å². The van der Waals surface area contributed by atoms with Crippen molar-refractivity contribution in [1.29, 1.82) is 0 Å². The van der Waals surface area contributed by atoms with Gasteiger partial charge in [-0.3, -0.25) is 14.4 Å². The van der Waals surface area contributed by atoms with Crippen molar-refractivity contribution in [3.05, 3.63) is 29.8 Å². The second-order valence-electron chi connectivity index (χ2n) is 9.56. The molecule has 1 heterocycles. The zero-order valence-electron chi connectivity index (χ0n) is 26.8. The first-order valence-electron chi connectivity index (χ1n) is 14.9. The zero-order chi connectivity index (χ0) is 34.3. The largest absolute Gasteiger partial charge is 0.490 e. The number of nitrogens with two attached hydrogens (primary N) is 1. The molecule has 13 nitrogen and oxygen atoms in total. The number of carbonyl (C=O) groups excluding carboxylic acids is 3. The molecule has 1 fully saturated rings. The fourth-order valence-electron chi connectivity index (χ4n) is 3.98. The molecule has 47 heavy (non-hydrogen) atoms. The fourth-order valence-corrected chi connectivity index (χ4v) is 6.91. The Morgan fingerprint density at radius 2 is 1.98 bits per heavy atom. The number of aliphatic hydroxyl groups is 1. The highest BCUT2D eigenvalue weighted by atomic mass is 33.1. The number of benzene rings is 1. The molecule has 6 N–H and O–H groups in total. The van der Waals surface area contributed by atoms with Gasteiger partial charge in [-0.15, -0.1) is 0 Å². The number of hydrogen-bond donors (Lipinski definition) is 5. The van der Waals surface area contributed by atoms with E-state index in [0.29, 0.717) is 37.4 Å². The van der Waals surface area contributed by atoms with Gasteiger partial charge in [0.1, 0.15) is 30.5 Å². The molecule has 18 heteroatoms. The van der Waals surface area contributed by atoms with Crippen LogP contribution in [-0.4, -0.2) is 131 Å². The first kappa shape index (κ1) is 41.4. The highest BCUT2D eigenvalue weighted by molar-refractivity contribution is 8.77. The minimum atomic E-state index is -0.719. The van der Waals surface area contributed by atoms with Crippen LogP contribution in [0.2, 0.25) is 0 Å². The standard InChI is InChI=1S/C29H44BN4O9S4/c1-4-32-28(38)29(47-45-3)43-22-16-24(42-23(22)17-35)30-9-6-11-33-25(36)18-39-13-14-40-26(46-44-2)19-41-21-8-5-7-20(15-21)27(37)34-12-10-31/h5,7-8,15,22-24,26,29,35H,4,10-14,16-19,31H2,1-3H3,(H,32,38)(H,33,36)(H,34,37)/t22-,23?,24-,26?,29-/m1/s1. The van der Waals surface area contributed by atoms with E-state index in [9.17, 15) is 19.5 Å². The van der Waals surface area contributed by atoms with E-state index in [0.717, 1.165) is 0 Å². The Kier molecular flexibility index (Phi) is 22.2. The average molecular weight is 732 g/mol. The molecule has 0 aromatic heterocycles. The fraction of sp³-hybridized carbons (Fsp3) is 0.621. The van der Waals surface area contributed by atoms with Crippen molar-refractivity contribution in [2.75, 3.05) is 71.7 Å². The lowest BCUT2D eigenvalue weighted by Crippen LogP contribution is -2.39. The number of carbonyl (C=O) groups is 3. The molecule has 2 rings (SSSR count). The van der Waals surface area contributed by atoms with Crippen molar-refractivity contribution >= 4 is 68.2 Å². The first-order chi connectivity index (χ1) is 22.8. The summed E-state index contributed by atoms with van der Waals surface area (Å²) < 4.78 is 28.9. The molecule has 1 aromatic carbocycles. The number of amides is 3. The Morgan fingerprint density at radius 1 is 1.17 bits per heavy atom. The second kappa shape index (κ2) is 25.2. The maximum atomic E-state index is 12.3. The van der Waals surface area contributed by atoms with Crippen molar-refractivity contribution < 1.29 is 43.2 Å². The SMILES string of the molecule is CCNC(=O)[C@H](O[C@@H]1C[C@H]([B]C#CCNC(=O)COCCOC(COc2cccc(C(=O)NCCN)c2)SSC)OC1CO)SSC. The summed E-state index contributed by atoms with van der Waals surface area (Å²) in [5, 5.41) is 17.9. The van der Waals surface area contributed by atoms with Crippen molar-refractivity contribution in [3.63, 3.8) is 0 Å². The van der Waals surface area contributed by atoms with E-state index >= 15 is 0 Å². The predicted molar refractivity (Wildman–Crippen MR) is 190 cm³/mol. The van der Waals surface area contributed by atoms with Gasteiger partial charge in [-0.1, -0.05) is 55.2 Å².